The van der Waals surface area contributed by atoms with Gasteiger partial charge in [0, 0.05) is 49.8 Å². The lowest BCUT2D eigenvalue weighted by Crippen LogP contribution is -2.37. The minimum Gasteiger partial charge on any atom is -0.487 e. The minimum absolute atomic E-state index is 0.0578. The zero-order valence-corrected chi connectivity index (χ0v) is 13.9. The highest BCUT2D eigenvalue weighted by atomic mass is 19.1. The fourth-order valence-corrected chi connectivity index (χ4v) is 3.29. The second-order valence-corrected chi connectivity index (χ2v) is 6.45. The molecule has 25 heavy (non-hydrogen) atoms. The van der Waals surface area contributed by atoms with Crippen molar-refractivity contribution in [3.8, 4) is 5.75 Å². The number of rotatable bonds is 4. The Bertz CT molecular complexity index is 848. The third-order valence-electron chi connectivity index (χ3n) is 4.68. The maximum atomic E-state index is 14.3. The van der Waals surface area contributed by atoms with Crippen LogP contribution in [0.3, 0.4) is 0 Å². The molecule has 1 aromatic carbocycles. The average Bonchev–Trinajstić information content (AvgIpc) is 2.65. The molecule has 4 nitrogen and oxygen atoms in total. The van der Waals surface area contributed by atoms with Crippen LogP contribution >= 0.6 is 0 Å². The molecule has 0 radical (unpaired) electrons. The van der Waals surface area contributed by atoms with Crippen molar-refractivity contribution < 1.29 is 9.13 Å². The van der Waals surface area contributed by atoms with E-state index in [1.54, 1.807) is 18.5 Å². The van der Waals surface area contributed by atoms with Crippen LogP contribution < -0.4 is 4.74 Å². The number of pyridine rings is 2. The molecule has 1 saturated heterocycles. The summed E-state index contributed by atoms with van der Waals surface area (Å²) in [5.74, 6) is 0.0194. The van der Waals surface area contributed by atoms with Crippen molar-refractivity contribution in [2.45, 2.75) is 25.5 Å². The molecule has 0 unspecified atom stereocenters. The largest absolute Gasteiger partial charge is 0.487 e. The monoisotopic (exact) mass is 337 g/mol. The zero-order chi connectivity index (χ0) is 17.1. The number of halogens is 1. The number of ether oxygens (including phenoxy) is 1. The predicted octanol–water partition coefficient (Wildman–Crippen LogP) is 3.81. The van der Waals surface area contributed by atoms with Crippen LogP contribution in [0.5, 0.6) is 5.75 Å². The molecule has 2 aromatic heterocycles. The number of likely N-dealkylation sites (tertiary alicyclic amines) is 1. The summed E-state index contributed by atoms with van der Waals surface area (Å²) in [6.07, 6.45) is 8.88. The van der Waals surface area contributed by atoms with Crippen molar-refractivity contribution in [3.05, 3.63) is 66.5 Å². The van der Waals surface area contributed by atoms with Gasteiger partial charge in [-0.2, -0.15) is 0 Å². The van der Waals surface area contributed by atoms with Crippen molar-refractivity contribution in [1.82, 2.24) is 14.9 Å². The van der Waals surface area contributed by atoms with Gasteiger partial charge in [-0.05, 0) is 54.1 Å². The summed E-state index contributed by atoms with van der Waals surface area (Å²) in [4.78, 5) is 10.5. The Morgan fingerprint density at radius 1 is 1.00 bits per heavy atom. The maximum absolute atomic E-state index is 14.3. The van der Waals surface area contributed by atoms with E-state index in [0.717, 1.165) is 43.2 Å². The molecule has 5 heteroatoms. The zero-order valence-electron chi connectivity index (χ0n) is 13.9. The quantitative estimate of drug-likeness (QED) is 0.725. The highest BCUT2D eigenvalue weighted by molar-refractivity contribution is 5.83. The van der Waals surface area contributed by atoms with Gasteiger partial charge in [0.1, 0.15) is 6.10 Å². The Morgan fingerprint density at radius 3 is 2.56 bits per heavy atom. The highest BCUT2D eigenvalue weighted by Gasteiger charge is 2.21. The summed E-state index contributed by atoms with van der Waals surface area (Å²) < 4.78 is 20.2. The van der Waals surface area contributed by atoms with E-state index in [2.05, 4.69) is 14.9 Å². The lowest BCUT2D eigenvalue weighted by molar-refractivity contribution is 0.0937. The van der Waals surface area contributed by atoms with Crippen LogP contribution in [0.25, 0.3) is 10.8 Å². The van der Waals surface area contributed by atoms with Crippen molar-refractivity contribution in [1.29, 1.82) is 0 Å². The number of nitrogens with zero attached hydrogens (tertiary/aromatic N) is 3. The van der Waals surface area contributed by atoms with Crippen LogP contribution in [0.4, 0.5) is 4.39 Å². The van der Waals surface area contributed by atoms with E-state index in [1.165, 1.54) is 11.6 Å². The molecule has 0 amide bonds. The van der Waals surface area contributed by atoms with Crippen molar-refractivity contribution in [2.24, 2.45) is 0 Å². The van der Waals surface area contributed by atoms with Gasteiger partial charge in [0.05, 0.1) is 0 Å². The Balaban J connectivity index is 1.38. The average molecular weight is 337 g/mol. The van der Waals surface area contributed by atoms with Gasteiger partial charge in [0.25, 0.3) is 0 Å². The van der Waals surface area contributed by atoms with E-state index in [4.69, 9.17) is 4.74 Å². The molecule has 0 N–H and O–H groups in total. The normalized spacial score (nSPS) is 16.2. The van der Waals surface area contributed by atoms with Gasteiger partial charge in [-0.1, -0.05) is 0 Å². The van der Waals surface area contributed by atoms with E-state index < -0.39 is 0 Å². The fourth-order valence-electron chi connectivity index (χ4n) is 3.29. The Labute approximate surface area is 146 Å². The Morgan fingerprint density at radius 2 is 1.76 bits per heavy atom. The molecule has 3 heterocycles. The van der Waals surface area contributed by atoms with Crippen LogP contribution in [-0.4, -0.2) is 34.1 Å². The molecule has 3 aromatic rings. The molecular formula is C20H20FN3O. The topological polar surface area (TPSA) is 38.2 Å². The SMILES string of the molecule is Fc1cc2cnccc2cc1OC1CCN(Cc2ccncc2)CC1. The van der Waals surface area contributed by atoms with E-state index in [0.29, 0.717) is 5.75 Å². The molecular weight excluding hydrogens is 317 g/mol. The van der Waals surface area contributed by atoms with E-state index in [9.17, 15) is 4.39 Å². The van der Waals surface area contributed by atoms with Crippen molar-refractivity contribution in [3.63, 3.8) is 0 Å². The number of fused-ring (bicyclic) bond motifs is 1. The predicted molar refractivity (Wildman–Crippen MR) is 94.9 cm³/mol. The Hall–Kier alpha value is -2.53. The third kappa shape index (κ3) is 3.77. The van der Waals surface area contributed by atoms with Crippen LogP contribution in [-0.2, 0) is 6.54 Å². The standard InChI is InChI=1S/C20H20FN3O/c21-19-11-17-13-23-8-3-16(17)12-20(19)25-18-4-9-24(10-5-18)14-15-1-6-22-7-2-15/h1-3,6-8,11-13,18H,4-5,9-10,14H2. The van der Waals surface area contributed by atoms with Crippen molar-refractivity contribution in [2.75, 3.05) is 13.1 Å². The second kappa shape index (κ2) is 7.15. The molecule has 1 aliphatic heterocycles. The minimum atomic E-state index is -0.320. The summed E-state index contributed by atoms with van der Waals surface area (Å²) in [5.41, 5.74) is 1.27. The highest BCUT2D eigenvalue weighted by Crippen LogP contribution is 2.27. The van der Waals surface area contributed by atoms with Gasteiger partial charge < -0.3 is 4.74 Å². The van der Waals surface area contributed by atoms with Crippen molar-refractivity contribution >= 4 is 10.8 Å². The molecule has 0 atom stereocenters. The van der Waals surface area contributed by atoms with Crippen LogP contribution in [0, 0.1) is 5.82 Å². The number of aromatic nitrogens is 2. The summed E-state index contributed by atoms with van der Waals surface area (Å²) in [5, 5.41) is 1.74. The van der Waals surface area contributed by atoms with E-state index in [-0.39, 0.29) is 11.9 Å². The summed E-state index contributed by atoms with van der Waals surface area (Å²) in [6, 6.07) is 9.23. The van der Waals surface area contributed by atoms with Gasteiger partial charge in [0.2, 0.25) is 0 Å². The summed E-state index contributed by atoms with van der Waals surface area (Å²) in [7, 11) is 0. The van der Waals surface area contributed by atoms with Gasteiger partial charge in [-0.3, -0.25) is 14.9 Å². The van der Waals surface area contributed by atoms with Gasteiger partial charge >= 0.3 is 0 Å². The lowest BCUT2D eigenvalue weighted by Gasteiger charge is -2.32. The molecule has 1 aliphatic rings. The second-order valence-electron chi connectivity index (χ2n) is 6.45. The third-order valence-corrected chi connectivity index (χ3v) is 4.68. The first-order chi connectivity index (χ1) is 12.3. The van der Waals surface area contributed by atoms with Gasteiger partial charge in [-0.25, -0.2) is 4.39 Å². The summed E-state index contributed by atoms with van der Waals surface area (Å²) >= 11 is 0. The Kier molecular flexibility index (Phi) is 4.57. The molecule has 1 fully saturated rings. The van der Waals surface area contributed by atoms with E-state index in [1.807, 2.05) is 30.6 Å². The molecule has 0 bridgehead atoms. The van der Waals surface area contributed by atoms with Crippen LogP contribution in [0.15, 0.2) is 55.1 Å². The maximum Gasteiger partial charge on any atom is 0.165 e. The number of hydrogen-bond acceptors (Lipinski definition) is 4. The summed E-state index contributed by atoms with van der Waals surface area (Å²) in [6.45, 7) is 2.82. The molecule has 0 spiro atoms. The van der Waals surface area contributed by atoms with Gasteiger partial charge in [0.15, 0.2) is 11.6 Å². The first kappa shape index (κ1) is 16.0. The van der Waals surface area contributed by atoms with Crippen LogP contribution in [0.1, 0.15) is 18.4 Å². The molecule has 4 rings (SSSR count). The first-order valence-electron chi connectivity index (χ1n) is 8.59. The molecule has 0 aliphatic carbocycles. The molecule has 128 valence electrons. The van der Waals surface area contributed by atoms with Crippen LogP contribution in [0.2, 0.25) is 0 Å². The first-order valence-corrected chi connectivity index (χ1v) is 8.59. The lowest BCUT2D eigenvalue weighted by atomic mass is 10.1. The fraction of sp³-hybridized carbons (Fsp3) is 0.300. The van der Waals surface area contributed by atoms with E-state index >= 15 is 0 Å². The number of hydrogen-bond donors (Lipinski definition) is 0. The number of benzene rings is 1. The number of piperidine rings is 1. The van der Waals surface area contributed by atoms with Gasteiger partial charge in [-0.15, -0.1) is 0 Å². The molecule has 0 saturated carbocycles. The smallest absolute Gasteiger partial charge is 0.165 e.